The van der Waals surface area contributed by atoms with E-state index in [1.165, 1.54) is 16.3 Å². The summed E-state index contributed by atoms with van der Waals surface area (Å²) in [4.78, 5) is 0. The molecule has 3 rings (SSSR count). The van der Waals surface area contributed by atoms with E-state index < -0.39 is 0 Å². The van der Waals surface area contributed by atoms with Gasteiger partial charge in [0.15, 0.2) is 0 Å². The molecule has 0 aliphatic carbocycles. The third kappa shape index (κ3) is 1.29. The van der Waals surface area contributed by atoms with Gasteiger partial charge < -0.3 is 10.3 Å². The van der Waals surface area contributed by atoms with Gasteiger partial charge in [-0.2, -0.15) is 0 Å². The molecule has 2 nitrogen and oxygen atoms in total. The highest BCUT2D eigenvalue weighted by Gasteiger charge is 2.12. The lowest BCUT2D eigenvalue weighted by molar-refractivity contribution is 0.828. The van der Waals surface area contributed by atoms with Gasteiger partial charge in [-0.15, -0.1) is 0 Å². The van der Waals surface area contributed by atoms with Gasteiger partial charge in [0.1, 0.15) is 0 Å². The zero-order valence-electron chi connectivity index (χ0n) is 10.5. The first kappa shape index (κ1) is 10.9. The minimum absolute atomic E-state index is 0.820. The Morgan fingerprint density at radius 1 is 1.17 bits per heavy atom. The van der Waals surface area contributed by atoms with Crippen LogP contribution in [0.3, 0.4) is 0 Å². The van der Waals surface area contributed by atoms with Gasteiger partial charge in [0, 0.05) is 22.8 Å². The molecule has 0 saturated carbocycles. The van der Waals surface area contributed by atoms with Crippen LogP contribution >= 0.6 is 0 Å². The summed E-state index contributed by atoms with van der Waals surface area (Å²) in [5.74, 6) is 0. The molecule has 0 radical (unpaired) electrons. The summed E-state index contributed by atoms with van der Waals surface area (Å²) in [5, 5.41) is 2.48. The molecule has 0 unspecified atom stereocenters. The largest absolute Gasteiger partial charge is 0.397 e. The van der Waals surface area contributed by atoms with Crippen molar-refractivity contribution in [3.8, 4) is 0 Å². The maximum atomic E-state index is 6.28. The number of hydrogen-bond acceptors (Lipinski definition) is 1. The van der Waals surface area contributed by atoms with Crippen LogP contribution in [0, 0.1) is 0 Å². The monoisotopic (exact) mass is 236 g/mol. The van der Waals surface area contributed by atoms with Crippen molar-refractivity contribution in [1.82, 2.24) is 4.57 Å². The molecule has 0 fully saturated rings. The Hall–Kier alpha value is -2.22. The number of rotatable bonds is 2. The van der Waals surface area contributed by atoms with Gasteiger partial charge in [-0.25, -0.2) is 0 Å². The van der Waals surface area contributed by atoms with E-state index in [1.54, 1.807) is 0 Å². The molecule has 90 valence electrons. The van der Waals surface area contributed by atoms with E-state index >= 15 is 0 Å². The summed E-state index contributed by atoms with van der Waals surface area (Å²) in [5.41, 5.74) is 10.5. The van der Waals surface area contributed by atoms with E-state index in [4.69, 9.17) is 5.73 Å². The maximum absolute atomic E-state index is 6.28. The fraction of sp³-hybridized carbons (Fsp3) is 0.125. The van der Waals surface area contributed by atoms with Crippen LogP contribution in [0.1, 0.15) is 12.5 Å². The van der Waals surface area contributed by atoms with E-state index in [0.29, 0.717) is 0 Å². The third-order valence-corrected chi connectivity index (χ3v) is 3.54. The molecule has 0 bridgehead atoms. The Bertz CT molecular complexity index is 750. The van der Waals surface area contributed by atoms with Gasteiger partial charge in [-0.05, 0) is 18.6 Å². The molecule has 0 amide bonds. The lowest BCUT2D eigenvalue weighted by Crippen LogP contribution is -1.98. The standard InChI is InChI=1S/C16H16N2/c1-3-11-9-10-13-12-7-5-6-8-14(12)18(4-2)16(13)15(11)17/h3,5-10H,1,4,17H2,2H3. The Morgan fingerprint density at radius 2 is 1.94 bits per heavy atom. The van der Waals surface area contributed by atoms with Crippen LogP contribution in [-0.4, -0.2) is 4.57 Å². The second-order valence-electron chi connectivity index (χ2n) is 4.43. The smallest absolute Gasteiger partial charge is 0.0731 e. The predicted octanol–water partition coefficient (Wildman–Crippen LogP) is 4.04. The van der Waals surface area contributed by atoms with E-state index in [-0.39, 0.29) is 0 Å². The molecule has 2 N–H and O–H groups in total. The summed E-state index contributed by atoms with van der Waals surface area (Å²) >= 11 is 0. The Kier molecular flexibility index (Phi) is 2.37. The number of aromatic nitrogens is 1. The molecule has 0 atom stereocenters. The van der Waals surface area contributed by atoms with Gasteiger partial charge in [0.2, 0.25) is 0 Å². The number of fused-ring (bicyclic) bond motifs is 3. The predicted molar refractivity (Wildman–Crippen MR) is 79.6 cm³/mol. The average molecular weight is 236 g/mol. The fourth-order valence-electron chi connectivity index (χ4n) is 2.70. The van der Waals surface area contributed by atoms with Crippen molar-refractivity contribution in [3.05, 3.63) is 48.5 Å². The number of nitrogens with zero attached hydrogens (tertiary/aromatic N) is 1. The number of hydrogen-bond donors (Lipinski definition) is 1. The average Bonchev–Trinajstić information content (AvgIpc) is 2.74. The summed E-state index contributed by atoms with van der Waals surface area (Å²) in [6.45, 7) is 6.87. The topological polar surface area (TPSA) is 30.9 Å². The SMILES string of the molecule is C=Cc1ccc2c3ccccc3n(CC)c2c1N. The first-order chi connectivity index (χ1) is 8.77. The quantitative estimate of drug-likeness (QED) is 0.669. The Labute approximate surface area is 106 Å². The minimum atomic E-state index is 0.820. The fourth-order valence-corrected chi connectivity index (χ4v) is 2.70. The summed E-state index contributed by atoms with van der Waals surface area (Å²) in [7, 11) is 0. The van der Waals surface area contributed by atoms with Crippen LogP contribution in [-0.2, 0) is 6.54 Å². The second kappa shape index (κ2) is 3.91. The van der Waals surface area contributed by atoms with Gasteiger partial charge in [0.05, 0.1) is 11.2 Å². The molecule has 0 aliphatic rings. The maximum Gasteiger partial charge on any atom is 0.0731 e. The third-order valence-electron chi connectivity index (χ3n) is 3.54. The number of anilines is 1. The lowest BCUT2D eigenvalue weighted by Gasteiger charge is -2.07. The van der Waals surface area contributed by atoms with Crippen molar-refractivity contribution >= 4 is 33.6 Å². The highest BCUT2D eigenvalue weighted by atomic mass is 15.0. The first-order valence-corrected chi connectivity index (χ1v) is 6.19. The normalized spacial score (nSPS) is 11.2. The number of nitrogen functional groups attached to an aromatic ring is 1. The summed E-state index contributed by atoms with van der Waals surface area (Å²) < 4.78 is 2.27. The molecule has 0 spiro atoms. The molecule has 18 heavy (non-hydrogen) atoms. The number of aryl methyl sites for hydroxylation is 1. The van der Waals surface area contributed by atoms with Crippen LogP contribution in [0.5, 0.6) is 0 Å². The van der Waals surface area contributed by atoms with Gasteiger partial charge in [0.25, 0.3) is 0 Å². The van der Waals surface area contributed by atoms with Crippen molar-refractivity contribution < 1.29 is 0 Å². The van der Waals surface area contributed by atoms with E-state index in [1.807, 2.05) is 12.1 Å². The molecule has 2 aromatic carbocycles. The second-order valence-corrected chi connectivity index (χ2v) is 4.43. The zero-order chi connectivity index (χ0) is 12.7. The van der Waals surface area contributed by atoms with Gasteiger partial charge in [-0.3, -0.25) is 0 Å². The molecular formula is C16H16N2. The number of para-hydroxylation sites is 1. The van der Waals surface area contributed by atoms with Crippen LogP contribution in [0.2, 0.25) is 0 Å². The van der Waals surface area contributed by atoms with Crippen LogP contribution in [0.4, 0.5) is 5.69 Å². The lowest BCUT2D eigenvalue weighted by atomic mass is 10.1. The van der Waals surface area contributed by atoms with Crippen molar-refractivity contribution in [1.29, 1.82) is 0 Å². The summed E-state index contributed by atoms with van der Waals surface area (Å²) in [6.07, 6.45) is 1.81. The van der Waals surface area contributed by atoms with Gasteiger partial charge in [-0.1, -0.05) is 43.0 Å². The molecule has 1 heterocycles. The zero-order valence-corrected chi connectivity index (χ0v) is 10.5. The van der Waals surface area contributed by atoms with Gasteiger partial charge >= 0.3 is 0 Å². The van der Waals surface area contributed by atoms with E-state index in [2.05, 4.69) is 48.4 Å². The molecule has 2 heteroatoms. The Morgan fingerprint density at radius 3 is 2.67 bits per heavy atom. The van der Waals surface area contributed by atoms with Crippen LogP contribution < -0.4 is 5.73 Å². The molecule has 0 saturated heterocycles. The highest BCUT2D eigenvalue weighted by Crippen LogP contribution is 2.34. The van der Waals surface area contributed by atoms with Crippen molar-refractivity contribution in [2.75, 3.05) is 5.73 Å². The highest BCUT2D eigenvalue weighted by molar-refractivity contribution is 6.12. The van der Waals surface area contributed by atoms with Crippen LogP contribution in [0.15, 0.2) is 43.0 Å². The van der Waals surface area contributed by atoms with E-state index in [9.17, 15) is 0 Å². The van der Waals surface area contributed by atoms with Crippen molar-refractivity contribution in [3.63, 3.8) is 0 Å². The minimum Gasteiger partial charge on any atom is -0.397 e. The van der Waals surface area contributed by atoms with Crippen LogP contribution in [0.25, 0.3) is 27.9 Å². The molecule has 1 aromatic heterocycles. The molecule has 3 aromatic rings. The van der Waals surface area contributed by atoms with Crippen molar-refractivity contribution in [2.24, 2.45) is 0 Å². The summed E-state index contributed by atoms with van der Waals surface area (Å²) in [6, 6.07) is 12.6. The number of nitrogens with two attached hydrogens (primary N) is 1. The number of benzene rings is 2. The van der Waals surface area contributed by atoms with E-state index in [0.717, 1.165) is 23.3 Å². The molecular weight excluding hydrogens is 220 g/mol. The van der Waals surface area contributed by atoms with Crippen molar-refractivity contribution in [2.45, 2.75) is 13.5 Å². The molecule has 0 aliphatic heterocycles. The Balaban J connectivity index is 2.60. The first-order valence-electron chi connectivity index (χ1n) is 6.19.